The average Bonchev–Trinajstić information content (AvgIpc) is 2.09. The molecule has 68 valence electrons. The Kier molecular flexibility index (Phi) is 10.6. The standard InChI is InChI=1S/C7H9NO2.C2H6/c1-3-5-6-7(4-2)8(9)10;1-2/h3-6H,2H2,1H3;1-2H3/b5-3-,7-6+;. The number of rotatable bonds is 3. The molecule has 0 spiro atoms. The molecule has 0 radical (unpaired) electrons. The van der Waals surface area contributed by atoms with E-state index in [1.807, 2.05) is 13.8 Å². The van der Waals surface area contributed by atoms with Crippen LogP contribution in [0.2, 0.25) is 0 Å². The van der Waals surface area contributed by atoms with Crippen molar-refractivity contribution in [2.45, 2.75) is 20.8 Å². The highest BCUT2D eigenvalue weighted by Crippen LogP contribution is 1.95. The predicted octanol–water partition coefficient (Wildman–Crippen LogP) is 2.94. The largest absolute Gasteiger partial charge is 0.268 e. The third-order valence-corrected chi connectivity index (χ3v) is 0.879. The molecule has 0 N–H and O–H groups in total. The van der Waals surface area contributed by atoms with Crippen LogP contribution in [0.1, 0.15) is 20.8 Å². The summed E-state index contributed by atoms with van der Waals surface area (Å²) in [5.74, 6) is 0. The van der Waals surface area contributed by atoms with Crippen molar-refractivity contribution in [3.05, 3.63) is 46.7 Å². The monoisotopic (exact) mass is 169 g/mol. The first kappa shape index (κ1) is 13.2. The topological polar surface area (TPSA) is 43.1 Å². The summed E-state index contributed by atoms with van der Waals surface area (Å²) in [4.78, 5) is 9.59. The molecule has 0 bridgehead atoms. The maximum absolute atomic E-state index is 10.1. The van der Waals surface area contributed by atoms with Crippen LogP contribution in [-0.4, -0.2) is 4.92 Å². The SMILES string of the molecule is C=C/C(=C\C=C/C)[N+](=O)[O-].CC. The summed E-state index contributed by atoms with van der Waals surface area (Å²) < 4.78 is 0. The smallest absolute Gasteiger partial charge is 0.258 e. The van der Waals surface area contributed by atoms with Gasteiger partial charge >= 0.3 is 0 Å². The molecule has 0 saturated heterocycles. The Hall–Kier alpha value is -1.38. The van der Waals surface area contributed by atoms with Gasteiger partial charge in [-0.3, -0.25) is 10.1 Å². The summed E-state index contributed by atoms with van der Waals surface area (Å²) in [6.07, 6.45) is 5.92. The minimum Gasteiger partial charge on any atom is -0.258 e. The van der Waals surface area contributed by atoms with Gasteiger partial charge < -0.3 is 0 Å². The van der Waals surface area contributed by atoms with Crippen LogP contribution in [-0.2, 0) is 0 Å². The second-order valence-corrected chi connectivity index (χ2v) is 1.58. The fourth-order valence-corrected chi connectivity index (χ4v) is 0.398. The number of nitro groups is 1. The average molecular weight is 169 g/mol. The Morgan fingerprint density at radius 3 is 2.25 bits per heavy atom. The predicted molar refractivity (Wildman–Crippen MR) is 51.4 cm³/mol. The third-order valence-electron chi connectivity index (χ3n) is 0.879. The number of hydrogen-bond acceptors (Lipinski definition) is 2. The molecule has 3 nitrogen and oxygen atoms in total. The Morgan fingerprint density at radius 2 is 2.00 bits per heavy atom. The summed E-state index contributed by atoms with van der Waals surface area (Å²) in [6, 6.07) is 0. The number of hydrogen-bond donors (Lipinski definition) is 0. The molecule has 0 amide bonds. The maximum atomic E-state index is 10.1. The molecule has 0 aromatic heterocycles. The highest BCUT2D eigenvalue weighted by atomic mass is 16.6. The van der Waals surface area contributed by atoms with Crippen LogP contribution in [0.25, 0.3) is 0 Å². The molecule has 0 rings (SSSR count). The second-order valence-electron chi connectivity index (χ2n) is 1.58. The maximum Gasteiger partial charge on any atom is 0.268 e. The Bertz CT molecular complexity index is 193. The van der Waals surface area contributed by atoms with E-state index in [2.05, 4.69) is 6.58 Å². The molecule has 0 aromatic carbocycles. The van der Waals surface area contributed by atoms with E-state index in [0.29, 0.717) is 0 Å². The van der Waals surface area contributed by atoms with Crippen molar-refractivity contribution >= 4 is 0 Å². The van der Waals surface area contributed by atoms with Crippen molar-refractivity contribution in [2.75, 3.05) is 0 Å². The van der Waals surface area contributed by atoms with Crippen LogP contribution in [0.15, 0.2) is 36.6 Å². The van der Waals surface area contributed by atoms with Gasteiger partial charge in [-0.25, -0.2) is 0 Å². The minimum absolute atomic E-state index is 0.0121. The van der Waals surface area contributed by atoms with E-state index in [4.69, 9.17) is 0 Å². The zero-order valence-electron chi connectivity index (χ0n) is 7.78. The van der Waals surface area contributed by atoms with Crippen molar-refractivity contribution in [1.82, 2.24) is 0 Å². The van der Waals surface area contributed by atoms with Gasteiger partial charge in [0.25, 0.3) is 5.70 Å². The van der Waals surface area contributed by atoms with Crippen molar-refractivity contribution in [1.29, 1.82) is 0 Å². The molecule has 3 heteroatoms. The first-order chi connectivity index (χ1) is 5.72. The summed E-state index contributed by atoms with van der Waals surface area (Å²) >= 11 is 0. The van der Waals surface area contributed by atoms with Crippen LogP contribution in [0.4, 0.5) is 0 Å². The van der Waals surface area contributed by atoms with Gasteiger partial charge in [-0.05, 0) is 6.92 Å². The molecular weight excluding hydrogens is 154 g/mol. The van der Waals surface area contributed by atoms with Crippen molar-refractivity contribution in [3.8, 4) is 0 Å². The summed E-state index contributed by atoms with van der Waals surface area (Å²) in [6.45, 7) is 9.08. The molecule has 0 aromatic rings. The highest BCUT2D eigenvalue weighted by molar-refractivity contribution is 5.14. The van der Waals surface area contributed by atoms with Gasteiger partial charge in [0.05, 0.1) is 4.92 Å². The molecule has 0 heterocycles. The van der Waals surface area contributed by atoms with E-state index < -0.39 is 4.92 Å². The lowest BCUT2D eigenvalue weighted by molar-refractivity contribution is -0.418. The molecule has 0 aliphatic carbocycles. The molecule has 0 fully saturated rings. The van der Waals surface area contributed by atoms with Crippen LogP contribution in [0, 0.1) is 10.1 Å². The van der Waals surface area contributed by atoms with Gasteiger partial charge in [-0.15, -0.1) is 0 Å². The molecule has 0 atom stereocenters. The lowest BCUT2D eigenvalue weighted by atomic mass is 10.4. The fraction of sp³-hybridized carbons (Fsp3) is 0.333. The normalized spacial score (nSPS) is 10.4. The summed E-state index contributed by atoms with van der Waals surface area (Å²) in [7, 11) is 0. The van der Waals surface area contributed by atoms with E-state index in [0.717, 1.165) is 0 Å². The molecular formula is C9H15NO2. The Morgan fingerprint density at radius 1 is 1.50 bits per heavy atom. The van der Waals surface area contributed by atoms with E-state index in [1.54, 1.807) is 19.1 Å². The van der Waals surface area contributed by atoms with Gasteiger partial charge in [-0.1, -0.05) is 32.6 Å². The zero-order chi connectivity index (χ0) is 9.98. The van der Waals surface area contributed by atoms with Crippen LogP contribution in [0.3, 0.4) is 0 Å². The van der Waals surface area contributed by atoms with E-state index >= 15 is 0 Å². The van der Waals surface area contributed by atoms with Crippen LogP contribution in [0.5, 0.6) is 0 Å². The van der Waals surface area contributed by atoms with Crippen molar-refractivity contribution in [3.63, 3.8) is 0 Å². The summed E-state index contributed by atoms with van der Waals surface area (Å²) in [5, 5.41) is 10.1. The fourth-order valence-electron chi connectivity index (χ4n) is 0.398. The van der Waals surface area contributed by atoms with Crippen LogP contribution < -0.4 is 0 Å². The summed E-state index contributed by atoms with van der Waals surface area (Å²) in [5.41, 5.74) is 0.0121. The van der Waals surface area contributed by atoms with E-state index in [9.17, 15) is 10.1 Å². The molecule has 0 aliphatic rings. The lowest BCUT2D eigenvalue weighted by Gasteiger charge is -1.85. The first-order valence-corrected chi connectivity index (χ1v) is 3.82. The molecule has 0 unspecified atom stereocenters. The third kappa shape index (κ3) is 6.74. The van der Waals surface area contributed by atoms with Gasteiger partial charge in [0.1, 0.15) is 0 Å². The van der Waals surface area contributed by atoms with Crippen molar-refractivity contribution < 1.29 is 4.92 Å². The lowest BCUT2D eigenvalue weighted by Crippen LogP contribution is -1.93. The Labute approximate surface area is 73.2 Å². The van der Waals surface area contributed by atoms with Gasteiger partial charge in [0.15, 0.2) is 0 Å². The minimum atomic E-state index is -0.479. The number of nitrogens with zero attached hydrogens (tertiary/aromatic N) is 1. The van der Waals surface area contributed by atoms with E-state index in [-0.39, 0.29) is 5.70 Å². The van der Waals surface area contributed by atoms with E-state index in [1.165, 1.54) is 12.2 Å². The quantitative estimate of drug-likeness (QED) is 0.370. The van der Waals surface area contributed by atoms with Gasteiger partial charge in [0.2, 0.25) is 0 Å². The number of allylic oxidation sites excluding steroid dienone is 4. The van der Waals surface area contributed by atoms with Gasteiger partial charge in [0, 0.05) is 12.2 Å². The zero-order valence-corrected chi connectivity index (χ0v) is 7.78. The van der Waals surface area contributed by atoms with Gasteiger partial charge in [-0.2, -0.15) is 0 Å². The molecule has 0 saturated carbocycles. The Balaban J connectivity index is 0. The second kappa shape index (κ2) is 9.62. The molecule has 0 aliphatic heterocycles. The van der Waals surface area contributed by atoms with Crippen LogP contribution >= 0.6 is 0 Å². The molecule has 12 heavy (non-hydrogen) atoms. The first-order valence-electron chi connectivity index (χ1n) is 3.82. The van der Waals surface area contributed by atoms with Crippen molar-refractivity contribution in [2.24, 2.45) is 0 Å². The highest BCUT2D eigenvalue weighted by Gasteiger charge is 2.00.